The minimum absolute atomic E-state index is 0.695. The molecule has 4 nitrogen and oxygen atoms in total. The Labute approximate surface area is 367 Å². The Hall–Kier alpha value is -8.12. The van der Waals surface area contributed by atoms with Gasteiger partial charge in [-0.3, -0.25) is 0 Å². The van der Waals surface area contributed by atoms with Gasteiger partial charge in [-0.15, -0.1) is 11.3 Å². The van der Waals surface area contributed by atoms with E-state index >= 15 is 0 Å². The van der Waals surface area contributed by atoms with E-state index in [1.807, 2.05) is 17.4 Å². The number of para-hydroxylation sites is 4. The van der Waals surface area contributed by atoms with Crippen molar-refractivity contribution in [2.75, 3.05) is 0 Å². The zero-order valence-electron chi connectivity index (χ0n) is 34.0. The Kier molecular flexibility index (Phi) is 8.05. The first-order chi connectivity index (χ1) is 31.2. The number of benzene rings is 9. The van der Waals surface area contributed by atoms with Crippen LogP contribution in [0.3, 0.4) is 0 Å². The maximum Gasteiger partial charge on any atom is 0.160 e. The zero-order valence-corrected chi connectivity index (χ0v) is 34.8. The lowest BCUT2D eigenvalue weighted by molar-refractivity contribution is 1.17. The van der Waals surface area contributed by atoms with Gasteiger partial charge in [-0.2, -0.15) is 0 Å². The summed E-state index contributed by atoms with van der Waals surface area (Å²) in [5, 5.41) is 7.39. The van der Waals surface area contributed by atoms with Gasteiger partial charge in [0.05, 0.1) is 33.5 Å². The Morgan fingerprint density at radius 2 is 0.873 bits per heavy atom. The van der Waals surface area contributed by atoms with Crippen LogP contribution in [0, 0.1) is 0 Å². The Bertz CT molecular complexity index is 3860. The molecule has 0 aliphatic carbocycles. The number of aromatic nitrogens is 4. The topological polar surface area (TPSA) is 35.6 Å². The lowest BCUT2D eigenvalue weighted by Gasteiger charge is -2.15. The summed E-state index contributed by atoms with van der Waals surface area (Å²) in [5.74, 6) is 0.695. The van der Waals surface area contributed by atoms with Crippen LogP contribution in [0.25, 0.3) is 120 Å². The highest BCUT2D eigenvalue weighted by Gasteiger charge is 2.20. The quantitative estimate of drug-likeness (QED) is 0.167. The molecule has 0 N–H and O–H groups in total. The predicted octanol–water partition coefficient (Wildman–Crippen LogP) is 15.7. The standard InChI is InChI=1S/C58H36N4S/c1-3-16-37(17-4-1)58-59-50(36-51(60-58)48-25-15-24-47-46-23-10-14-29-56(46)63-57(47)48)40-32-39(33-42(34-40)62-52-26-11-7-20-43(52)44-21-8-12-27-53(44)62)38-30-31-55-49(35-38)45-22-9-13-28-54(45)61(55)41-18-5-2-6-19-41/h1-36H. The molecule has 0 spiro atoms. The van der Waals surface area contributed by atoms with Crippen molar-refractivity contribution in [3.8, 4) is 56.4 Å². The summed E-state index contributed by atoms with van der Waals surface area (Å²) in [7, 11) is 0. The summed E-state index contributed by atoms with van der Waals surface area (Å²) < 4.78 is 7.28. The third-order valence-corrected chi connectivity index (χ3v) is 13.7. The molecule has 0 fully saturated rings. The summed E-state index contributed by atoms with van der Waals surface area (Å²) in [6.45, 7) is 0. The van der Waals surface area contributed by atoms with Crippen LogP contribution in [0.15, 0.2) is 218 Å². The highest BCUT2D eigenvalue weighted by atomic mass is 32.1. The largest absolute Gasteiger partial charge is 0.309 e. The molecule has 4 heterocycles. The van der Waals surface area contributed by atoms with E-state index < -0.39 is 0 Å². The molecular formula is C58H36N4S. The van der Waals surface area contributed by atoms with Gasteiger partial charge in [0.2, 0.25) is 0 Å². The van der Waals surface area contributed by atoms with Crippen LogP contribution < -0.4 is 0 Å². The summed E-state index contributed by atoms with van der Waals surface area (Å²) in [5.41, 5.74) is 14.0. The van der Waals surface area contributed by atoms with Gasteiger partial charge in [0.15, 0.2) is 5.82 Å². The van der Waals surface area contributed by atoms with E-state index in [0.717, 1.165) is 61.6 Å². The van der Waals surface area contributed by atoms with Crippen LogP contribution in [-0.2, 0) is 0 Å². The summed E-state index contributed by atoms with van der Waals surface area (Å²) in [6.07, 6.45) is 0. The number of thiophene rings is 1. The van der Waals surface area contributed by atoms with Crippen LogP contribution in [-0.4, -0.2) is 19.1 Å². The molecule has 0 aliphatic heterocycles. The normalized spacial score (nSPS) is 11.8. The molecule has 13 aromatic rings. The third-order valence-electron chi connectivity index (χ3n) is 12.5. The Balaban J connectivity index is 1.09. The highest BCUT2D eigenvalue weighted by molar-refractivity contribution is 7.26. The van der Waals surface area contributed by atoms with Crippen LogP contribution >= 0.6 is 11.3 Å². The van der Waals surface area contributed by atoms with Crippen molar-refractivity contribution < 1.29 is 0 Å². The van der Waals surface area contributed by atoms with Crippen molar-refractivity contribution in [3.05, 3.63) is 218 Å². The van der Waals surface area contributed by atoms with E-state index in [9.17, 15) is 0 Å². The van der Waals surface area contributed by atoms with Crippen LogP contribution in [0.2, 0.25) is 0 Å². The molecule has 63 heavy (non-hydrogen) atoms. The van der Waals surface area contributed by atoms with E-state index in [1.54, 1.807) is 0 Å². The highest BCUT2D eigenvalue weighted by Crippen LogP contribution is 2.42. The van der Waals surface area contributed by atoms with Crippen molar-refractivity contribution in [1.82, 2.24) is 19.1 Å². The second-order valence-corrected chi connectivity index (χ2v) is 17.2. The van der Waals surface area contributed by atoms with E-state index in [2.05, 4.69) is 221 Å². The molecule has 0 aliphatic rings. The van der Waals surface area contributed by atoms with Crippen LogP contribution in [0.4, 0.5) is 0 Å². The van der Waals surface area contributed by atoms with Gasteiger partial charge in [-0.05, 0) is 83.9 Å². The SMILES string of the molecule is c1ccc(-c2nc(-c3cc(-c4ccc5c(c4)c4ccccc4n5-c4ccccc4)cc(-n4c5ccccc5c5ccccc54)c3)cc(-c3cccc4c3sc3ccccc34)n2)cc1. The average Bonchev–Trinajstić information content (AvgIpc) is 4.02. The molecule has 0 bridgehead atoms. The number of hydrogen-bond acceptors (Lipinski definition) is 3. The first-order valence-electron chi connectivity index (χ1n) is 21.3. The summed E-state index contributed by atoms with van der Waals surface area (Å²) in [6, 6.07) is 78.6. The van der Waals surface area contributed by atoms with E-state index in [-0.39, 0.29) is 0 Å². The van der Waals surface area contributed by atoms with E-state index in [4.69, 9.17) is 9.97 Å². The van der Waals surface area contributed by atoms with Gasteiger partial charge in [0.1, 0.15) is 0 Å². The summed E-state index contributed by atoms with van der Waals surface area (Å²) in [4.78, 5) is 10.7. The molecule has 0 saturated carbocycles. The van der Waals surface area contributed by atoms with E-state index in [1.165, 1.54) is 52.8 Å². The van der Waals surface area contributed by atoms with Crippen LogP contribution in [0.1, 0.15) is 0 Å². The monoisotopic (exact) mass is 820 g/mol. The molecule has 9 aromatic carbocycles. The zero-order chi connectivity index (χ0) is 41.4. The van der Waals surface area contributed by atoms with Crippen molar-refractivity contribution in [1.29, 1.82) is 0 Å². The molecule has 0 radical (unpaired) electrons. The lowest BCUT2D eigenvalue weighted by Crippen LogP contribution is -1.99. The molecular weight excluding hydrogens is 785 g/mol. The number of nitrogens with zero attached hydrogens (tertiary/aromatic N) is 4. The minimum atomic E-state index is 0.695. The van der Waals surface area contributed by atoms with Gasteiger partial charge in [-0.1, -0.05) is 146 Å². The number of fused-ring (bicyclic) bond motifs is 9. The van der Waals surface area contributed by atoms with Gasteiger partial charge in [-0.25, -0.2) is 9.97 Å². The second-order valence-electron chi connectivity index (χ2n) is 16.2. The van der Waals surface area contributed by atoms with Crippen molar-refractivity contribution in [2.45, 2.75) is 0 Å². The fourth-order valence-corrected chi connectivity index (χ4v) is 10.9. The van der Waals surface area contributed by atoms with E-state index in [0.29, 0.717) is 5.82 Å². The van der Waals surface area contributed by atoms with Gasteiger partial charge < -0.3 is 9.13 Å². The molecule has 13 rings (SSSR count). The first kappa shape index (κ1) is 35.6. The molecule has 4 aromatic heterocycles. The maximum atomic E-state index is 5.41. The van der Waals surface area contributed by atoms with Gasteiger partial charge >= 0.3 is 0 Å². The van der Waals surface area contributed by atoms with Crippen molar-refractivity contribution in [3.63, 3.8) is 0 Å². The number of hydrogen-bond donors (Lipinski definition) is 0. The lowest BCUT2D eigenvalue weighted by atomic mass is 9.97. The molecule has 294 valence electrons. The molecule has 0 unspecified atom stereocenters. The fraction of sp³-hybridized carbons (Fsp3) is 0. The maximum absolute atomic E-state index is 5.41. The second kappa shape index (κ2) is 14.2. The Morgan fingerprint density at radius 3 is 1.60 bits per heavy atom. The molecule has 0 saturated heterocycles. The Morgan fingerprint density at radius 1 is 0.317 bits per heavy atom. The molecule has 0 atom stereocenters. The smallest absolute Gasteiger partial charge is 0.160 e. The van der Waals surface area contributed by atoms with Gasteiger partial charge in [0.25, 0.3) is 0 Å². The minimum Gasteiger partial charge on any atom is -0.309 e. The first-order valence-corrected chi connectivity index (χ1v) is 22.1. The predicted molar refractivity (Wildman–Crippen MR) is 265 cm³/mol. The molecule has 0 amide bonds. The van der Waals surface area contributed by atoms with Gasteiger partial charge in [0, 0.05) is 69.8 Å². The number of rotatable bonds is 6. The van der Waals surface area contributed by atoms with Crippen molar-refractivity contribution >= 4 is 75.1 Å². The molecule has 5 heteroatoms. The van der Waals surface area contributed by atoms with Crippen LogP contribution in [0.5, 0.6) is 0 Å². The fourth-order valence-electron chi connectivity index (χ4n) is 9.66. The third kappa shape index (κ3) is 5.74. The summed E-state index contributed by atoms with van der Waals surface area (Å²) >= 11 is 1.83. The van der Waals surface area contributed by atoms with Crippen molar-refractivity contribution in [2.24, 2.45) is 0 Å². The average molecular weight is 821 g/mol.